The molecule has 0 saturated carbocycles. The van der Waals surface area contributed by atoms with Gasteiger partial charge in [0.25, 0.3) is 0 Å². The van der Waals surface area contributed by atoms with Gasteiger partial charge in [0.1, 0.15) is 0 Å². The van der Waals surface area contributed by atoms with E-state index in [1.807, 2.05) is 0 Å². The molecule has 0 N–H and O–H groups in total. The Bertz CT molecular complexity index is 33.8. The Morgan fingerprint density at radius 3 is 1.33 bits per heavy atom. The van der Waals surface area contributed by atoms with Crippen LogP contribution in [0.1, 0.15) is 0 Å². The second kappa shape index (κ2) is 8.94. The molecule has 3 nitrogen and oxygen atoms in total. The molecule has 0 amide bonds. The summed E-state index contributed by atoms with van der Waals surface area (Å²) in [4.78, 5) is 8.33. The average Bonchev–Trinajstić information content (AvgIpc) is 0.811. The fraction of sp³-hybridized carbons (Fsp3) is 0. The van der Waals surface area contributed by atoms with Crippen molar-refractivity contribution in [3.05, 3.63) is 0 Å². The topological polar surface area (TPSA) is 63.2 Å². The molecule has 0 bridgehead atoms. The summed E-state index contributed by atoms with van der Waals surface area (Å²) in [6, 6.07) is 0. The molecule has 0 saturated heterocycles. The van der Waals surface area contributed by atoms with Crippen molar-refractivity contribution in [2.45, 2.75) is 0 Å². The van der Waals surface area contributed by atoms with Crippen molar-refractivity contribution in [1.29, 1.82) is 0 Å². The minimum absolute atomic E-state index is 0. The first kappa shape index (κ1) is 16.4. The van der Waals surface area contributed by atoms with Crippen molar-refractivity contribution in [1.82, 2.24) is 0 Å². The van der Waals surface area contributed by atoms with Crippen LogP contribution >= 0.6 is 0 Å². The molecule has 0 heterocycles. The first-order chi connectivity index (χ1) is 1.73. The molecule has 2 radical (unpaired) electrons. The van der Waals surface area contributed by atoms with Gasteiger partial charge in [-0.05, 0) is 6.16 Å². The fourth-order valence-electron chi connectivity index (χ4n) is 0. The number of rotatable bonds is 0. The SMILES string of the molecule is O=C([O-])[O-].[Cl+].[Li+]. The normalized spacial score (nSPS) is 4.00. The van der Waals surface area contributed by atoms with E-state index in [2.05, 4.69) is 0 Å². The van der Waals surface area contributed by atoms with Crippen LogP contribution in [0.15, 0.2) is 0 Å². The maximum atomic E-state index is 8.33. The van der Waals surface area contributed by atoms with Crippen LogP contribution in [0.5, 0.6) is 0 Å². The third-order valence-corrected chi connectivity index (χ3v) is 0. The minimum Gasteiger partial charge on any atom is -0.652 e. The Morgan fingerprint density at radius 1 is 1.33 bits per heavy atom. The summed E-state index contributed by atoms with van der Waals surface area (Å²) in [7, 11) is 0. The van der Waals surface area contributed by atoms with E-state index >= 15 is 0 Å². The van der Waals surface area contributed by atoms with Crippen molar-refractivity contribution in [3.8, 4) is 0 Å². The van der Waals surface area contributed by atoms with Crippen molar-refractivity contribution in [2.75, 3.05) is 0 Å². The second-order valence-corrected chi connectivity index (χ2v) is 0.250. The van der Waals surface area contributed by atoms with Crippen LogP contribution in [0.25, 0.3) is 0 Å². The van der Waals surface area contributed by atoms with Crippen LogP contribution in [0, 0.1) is 12.4 Å². The van der Waals surface area contributed by atoms with E-state index in [0.29, 0.717) is 0 Å². The quantitative estimate of drug-likeness (QED) is 0.287. The van der Waals surface area contributed by atoms with Gasteiger partial charge in [-0.1, -0.05) is 0 Å². The number of halogens is 1. The molecule has 0 aromatic carbocycles. The summed E-state index contributed by atoms with van der Waals surface area (Å²) < 4.78 is 0. The van der Waals surface area contributed by atoms with Gasteiger partial charge >= 0.3 is 31.3 Å². The van der Waals surface area contributed by atoms with Gasteiger partial charge in [-0.2, -0.15) is 0 Å². The molecule has 5 heteroatoms. The Morgan fingerprint density at radius 2 is 1.33 bits per heavy atom. The van der Waals surface area contributed by atoms with Gasteiger partial charge in [0, 0.05) is 0 Å². The molecule has 0 fully saturated rings. The first-order valence-corrected chi connectivity index (χ1v) is 0.612. The van der Waals surface area contributed by atoms with Crippen molar-refractivity contribution in [3.63, 3.8) is 0 Å². The second-order valence-electron chi connectivity index (χ2n) is 0.250. The van der Waals surface area contributed by atoms with Gasteiger partial charge in [0.2, 0.25) is 0 Å². The monoisotopic (exact) mass is 102 g/mol. The molecule has 0 aromatic heterocycles. The summed E-state index contributed by atoms with van der Waals surface area (Å²) >= 11 is 0. The first-order valence-electron chi connectivity index (χ1n) is 0.612. The Kier molecular flexibility index (Phi) is 24.5. The van der Waals surface area contributed by atoms with Crippen LogP contribution in [-0.4, -0.2) is 6.16 Å². The molecule has 0 aliphatic rings. The number of hydrogen-bond acceptors (Lipinski definition) is 3. The van der Waals surface area contributed by atoms with E-state index in [0.717, 1.165) is 0 Å². The standard InChI is InChI=1S/CH2O3.Cl.Li/c2-1(3)4;;/h(H2,2,3,4);;/q;2*+1/p-2. The van der Waals surface area contributed by atoms with Gasteiger partial charge in [-0.3, -0.25) is 0 Å². The summed E-state index contributed by atoms with van der Waals surface area (Å²) in [6.07, 6.45) is -2.33. The minimum atomic E-state index is -2.33. The predicted octanol–water partition coefficient (Wildman–Crippen LogP) is -5.44. The van der Waals surface area contributed by atoms with E-state index in [4.69, 9.17) is 15.0 Å². The molecule has 0 unspecified atom stereocenters. The Labute approximate surface area is 52.9 Å². The smallest absolute Gasteiger partial charge is 0.652 e. The van der Waals surface area contributed by atoms with E-state index in [1.165, 1.54) is 0 Å². The van der Waals surface area contributed by atoms with Crippen LogP contribution in [0.2, 0.25) is 0 Å². The number of carbonyl (C=O) groups is 1. The van der Waals surface area contributed by atoms with Gasteiger partial charge in [0.15, 0.2) is 0 Å². The number of hydrogen-bond donors (Lipinski definition) is 0. The number of carbonyl (C=O) groups excluding carboxylic acids is 1. The Hall–Kier alpha value is 0.157. The van der Waals surface area contributed by atoms with Gasteiger partial charge < -0.3 is 15.0 Å². The molecule has 6 heavy (non-hydrogen) atoms. The van der Waals surface area contributed by atoms with Gasteiger partial charge in [-0.25, -0.2) is 0 Å². The van der Waals surface area contributed by atoms with Crippen LogP contribution < -0.4 is 29.1 Å². The molecule has 0 atom stereocenters. The van der Waals surface area contributed by atoms with E-state index in [-0.39, 0.29) is 31.3 Å². The average molecular weight is 102 g/mol. The maximum Gasteiger partial charge on any atom is 1.00 e. The molecular formula is CClLiO3. The third-order valence-electron chi connectivity index (χ3n) is 0. The molecule has 0 rings (SSSR count). The fourth-order valence-corrected chi connectivity index (χ4v) is 0. The van der Waals surface area contributed by atoms with Crippen LogP contribution in [0.4, 0.5) is 4.79 Å². The van der Waals surface area contributed by atoms with E-state index in [1.54, 1.807) is 0 Å². The third kappa shape index (κ3) is 1670. The van der Waals surface area contributed by atoms with Gasteiger partial charge in [-0.15, -0.1) is 0 Å². The van der Waals surface area contributed by atoms with Gasteiger partial charge in [0.05, 0.1) is 0 Å². The zero-order valence-electron chi connectivity index (χ0n) is 3.10. The predicted molar refractivity (Wildman–Crippen MR) is 5.40 cm³/mol. The molecule has 0 aromatic rings. The van der Waals surface area contributed by atoms with E-state index < -0.39 is 6.16 Å². The summed E-state index contributed by atoms with van der Waals surface area (Å²) in [5, 5.41) is 16.7. The molecular weight excluding hydrogens is 102 g/mol. The van der Waals surface area contributed by atoms with E-state index in [9.17, 15) is 0 Å². The molecule has 0 aliphatic carbocycles. The van der Waals surface area contributed by atoms with Crippen LogP contribution in [0.3, 0.4) is 0 Å². The summed E-state index contributed by atoms with van der Waals surface area (Å²) in [5.41, 5.74) is 0. The summed E-state index contributed by atoms with van der Waals surface area (Å²) in [6.45, 7) is 0. The molecule has 0 spiro atoms. The zero-order valence-corrected chi connectivity index (χ0v) is 3.86. The van der Waals surface area contributed by atoms with Crippen LogP contribution in [-0.2, 0) is 0 Å². The molecule has 30 valence electrons. The summed E-state index contributed by atoms with van der Waals surface area (Å²) in [5.74, 6) is 0. The number of carboxylic acid groups (broad SMARTS) is 2. The van der Waals surface area contributed by atoms with Crippen molar-refractivity contribution < 1.29 is 46.3 Å². The van der Waals surface area contributed by atoms with Crippen molar-refractivity contribution >= 4 is 6.16 Å². The largest absolute Gasteiger partial charge is 1.00 e. The zero-order chi connectivity index (χ0) is 3.58. The maximum absolute atomic E-state index is 8.33. The Balaban J connectivity index is -0.0000000450. The molecule has 0 aliphatic heterocycles. The van der Waals surface area contributed by atoms with Crippen molar-refractivity contribution in [2.24, 2.45) is 0 Å².